The lowest BCUT2D eigenvalue weighted by atomic mass is 9.71. The summed E-state index contributed by atoms with van der Waals surface area (Å²) in [6.07, 6.45) is 3.11. The number of carboxylic acids is 2. The number of carboxylic acid groups (broad SMARTS) is 2. The first-order valence-corrected chi connectivity index (χ1v) is 7.06. The van der Waals surface area contributed by atoms with Gasteiger partial charge in [0.2, 0.25) is 0 Å². The largest absolute Gasteiger partial charge is 0.480 e. The minimum atomic E-state index is -1.31. The van der Waals surface area contributed by atoms with Crippen LogP contribution in [0.2, 0.25) is 0 Å². The van der Waals surface area contributed by atoms with E-state index in [9.17, 15) is 19.8 Å². The molecule has 104 valence electrons. The van der Waals surface area contributed by atoms with Crippen LogP contribution in [0.3, 0.4) is 0 Å². The number of hydrogen-bond acceptors (Lipinski definition) is 2. The highest BCUT2D eigenvalue weighted by Gasteiger charge is 2.42. The lowest BCUT2D eigenvalue weighted by molar-refractivity contribution is -0.142. The molecule has 1 aromatic carbocycles. The number of benzene rings is 1. The van der Waals surface area contributed by atoms with E-state index in [4.69, 9.17) is 0 Å². The van der Waals surface area contributed by atoms with Crippen LogP contribution in [-0.2, 0) is 15.0 Å². The van der Waals surface area contributed by atoms with Gasteiger partial charge in [0, 0.05) is 15.6 Å². The number of halogens is 1. The molecule has 0 saturated heterocycles. The summed E-state index contributed by atoms with van der Waals surface area (Å²) in [5, 5.41) is 18.9. The van der Waals surface area contributed by atoms with Gasteiger partial charge in [-0.25, -0.2) is 4.79 Å². The molecule has 20 heavy (non-hydrogen) atoms. The Labute approximate surface area is 130 Å². The molecular weight excluding hydrogens is 371 g/mol. The van der Waals surface area contributed by atoms with Crippen molar-refractivity contribution in [3.8, 4) is 0 Å². The summed E-state index contributed by atoms with van der Waals surface area (Å²) in [5.74, 6) is -2.11. The number of aliphatic carboxylic acids is 2. The maximum absolute atomic E-state index is 11.8. The van der Waals surface area contributed by atoms with Crippen molar-refractivity contribution in [2.45, 2.75) is 18.8 Å². The molecule has 0 radical (unpaired) electrons. The summed E-state index contributed by atoms with van der Waals surface area (Å²) >= 11 is 2.11. The van der Waals surface area contributed by atoms with Crippen LogP contribution in [0, 0.1) is 3.57 Å². The first-order chi connectivity index (χ1) is 9.35. The van der Waals surface area contributed by atoms with E-state index >= 15 is 0 Å². The zero-order valence-corrected chi connectivity index (χ0v) is 12.9. The first-order valence-electron chi connectivity index (χ1n) is 5.98. The summed E-state index contributed by atoms with van der Waals surface area (Å²) in [4.78, 5) is 23.1. The normalized spacial score (nSPS) is 21.9. The molecule has 0 spiro atoms. The molecule has 0 fully saturated rings. The Morgan fingerprint density at radius 1 is 1.30 bits per heavy atom. The van der Waals surface area contributed by atoms with Gasteiger partial charge < -0.3 is 10.2 Å². The van der Waals surface area contributed by atoms with Crippen molar-refractivity contribution in [2.24, 2.45) is 0 Å². The summed E-state index contributed by atoms with van der Waals surface area (Å²) in [6, 6.07) is 7.16. The molecule has 1 unspecified atom stereocenters. The number of carbonyl (C=O) groups is 2. The van der Waals surface area contributed by atoms with Crippen LogP contribution in [-0.4, -0.2) is 22.2 Å². The van der Waals surface area contributed by atoms with Gasteiger partial charge in [0.15, 0.2) is 0 Å². The molecule has 0 heterocycles. The Morgan fingerprint density at radius 2 is 2.00 bits per heavy atom. The Hall–Kier alpha value is -1.63. The van der Waals surface area contributed by atoms with Crippen molar-refractivity contribution in [1.82, 2.24) is 0 Å². The van der Waals surface area contributed by atoms with Crippen LogP contribution in [0.25, 0.3) is 0 Å². The first kappa shape index (κ1) is 14.8. The molecule has 2 N–H and O–H groups in total. The Balaban J connectivity index is 2.61. The average molecular weight is 384 g/mol. The van der Waals surface area contributed by atoms with Crippen molar-refractivity contribution in [3.05, 3.63) is 56.7 Å². The van der Waals surface area contributed by atoms with Crippen LogP contribution < -0.4 is 0 Å². The third-order valence-corrected chi connectivity index (χ3v) is 4.01. The van der Waals surface area contributed by atoms with Crippen molar-refractivity contribution < 1.29 is 19.8 Å². The highest BCUT2D eigenvalue weighted by atomic mass is 127. The highest BCUT2D eigenvalue weighted by molar-refractivity contribution is 14.1. The molecule has 1 aliphatic rings. The minimum Gasteiger partial charge on any atom is -0.480 e. The molecule has 0 aromatic heterocycles. The number of allylic oxidation sites excluding steroid dienone is 2. The van der Waals surface area contributed by atoms with Gasteiger partial charge in [0.05, 0.1) is 0 Å². The van der Waals surface area contributed by atoms with Crippen molar-refractivity contribution in [2.75, 3.05) is 0 Å². The zero-order chi connectivity index (χ0) is 14.9. The maximum atomic E-state index is 11.8. The fraction of sp³-hybridized carbons (Fsp3) is 0.200. The molecule has 0 amide bonds. The van der Waals surface area contributed by atoms with Gasteiger partial charge >= 0.3 is 11.9 Å². The van der Waals surface area contributed by atoms with Gasteiger partial charge in [-0.2, -0.15) is 0 Å². The molecule has 1 aromatic rings. The molecule has 1 aliphatic carbocycles. The van der Waals surface area contributed by atoms with Crippen molar-refractivity contribution >= 4 is 34.5 Å². The van der Waals surface area contributed by atoms with E-state index in [1.165, 1.54) is 6.08 Å². The van der Waals surface area contributed by atoms with E-state index in [0.717, 1.165) is 3.57 Å². The molecule has 0 bridgehead atoms. The van der Waals surface area contributed by atoms with E-state index in [1.54, 1.807) is 31.2 Å². The Morgan fingerprint density at radius 3 is 2.55 bits per heavy atom. The van der Waals surface area contributed by atoms with Crippen molar-refractivity contribution in [1.29, 1.82) is 0 Å². The quantitative estimate of drug-likeness (QED) is 0.786. The average Bonchev–Trinajstić information content (AvgIpc) is 2.37. The molecule has 5 heteroatoms. The predicted molar refractivity (Wildman–Crippen MR) is 82.6 cm³/mol. The monoisotopic (exact) mass is 384 g/mol. The third-order valence-electron chi connectivity index (χ3n) is 3.34. The summed E-state index contributed by atoms with van der Waals surface area (Å²) in [7, 11) is 0. The van der Waals surface area contributed by atoms with Gasteiger partial charge in [-0.1, -0.05) is 23.8 Å². The Bertz CT molecular complexity index is 645. The smallest absolute Gasteiger partial charge is 0.331 e. The SMILES string of the molecule is CC1=CC(C(=O)O)(c2cccc(I)c2)CC(C(=O)O)=C1. The fourth-order valence-electron chi connectivity index (χ4n) is 2.46. The molecule has 4 nitrogen and oxygen atoms in total. The number of rotatable bonds is 3. The van der Waals surface area contributed by atoms with Crippen molar-refractivity contribution in [3.63, 3.8) is 0 Å². The summed E-state index contributed by atoms with van der Waals surface area (Å²) < 4.78 is 0.915. The third kappa shape index (κ3) is 2.63. The molecule has 0 aliphatic heterocycles. The van der Waals surface area contributed by atoms with E-state index in [2.05, 4.69) is 22.6 Å². The molecule has 1 atom stereocenters. The molecular formula is C15H13IO4. The van der Waals surface area contributed by atoms with Crippen LogP contribution in [0.1, 0.15) is 18.9 Å². The second-order valence-corrected chi connectivity index (χ2v) is 6.07. The van der Waals surface area contributed by atoms with Crippen LogP contribution in [0.4, 0.5) is 0 Å². The van der Waals surface area contributed by atoms with E-state index in [-0.39, 0.29) is 12.0 Å². The highest BCUT2D eigenvalue weighted by Crippen LogP contribution is 2.38. The van der Waals surface area contributed by atoms with E-state index in [0.29, 0.717) is 11.1 Å². The maximum Gasteiger partial charge on any atom is 0.331 e. The van der Waals surface area contributed by atoms with Gasteiger partial charge in [-0.15, -0.1) is 0 Å². The van der Waals surface area contributed by atoms with Gasteiger partial charge in [0.1, 0.15) is 5.41 Å². The van der Waals surface area contributed by atoms with Crippen LogP contribution in [0.15, 0.2) is 47.6 Å². The molecule has 0 saturated carbocycles. The summed E-state index contributed by atoms with van der Waals surface area (Å²) in [6.45, 7) is 1.72. The standard InChI is InChI=1S/C15H13IO4/c1-9-5-10(13(17)18)8-15(7-9,14(19)20)11-3-2-4-12(16)6-11/h2-7H,8H2,1H3,(H,17,18)(H,19,20). The van der Waals surface area contributed by atoms with Gasteiger partial charge in [0.25, 0.3) is 0 Å². The lowest BCUT2D eigenvalue weighted by Gasteiger charge is -2.30. The predicted octanol–water partition coefficient (Wildman–Crippen LogP) is 2.97. The lowest BCUT2D eigenvalue weighted by Crippen LogP contribution is -2.37. The van der Waals surface area contributed by atoms with E-state index < -0.39 is 17.4 Å². The van der Waals surface area contributed by atoms with E-state index in [1.807, 2.05) is 6.07 Å². The van der Waals surface area contributed by atoms with Crippen LogP contribution in [0.5, 0.6) is 0 Å². The minimum absolute atomic E-state index is 0.0465. The Kier molecular flexibility index (Phi) is 3.99. The topological polar surface area (TPSA) is 74.6 Å². The summed E-state index contributed by atoms with van der Waals surface area (Å²) in [5.41, 5.74) is 0.0533. The second kappa shape index (κ2) is 5.40. The second-order valence-electron chi connectivity index (χ2n) is 4.83. The van der Waals surface area contributed by atoms with Gasteiger partial charge in [-0.3, -0.25) is 4.79 Å². The van der Waals surface area contributed by atoms with Crippen LogP contribution >= 0.6 is 22.6 Å². The molecule has 2 rings (SSSR count). The number of hydrogen-bond donors (Lipinski definition) is 2. The van der Waals surface area contributed by atoms with Gasteiger partial charge in [-0.05, 0) is 53.3 Å². The zero-order valence-electron chi connectivity index (χ0n) is 10.8. The fourth-order valence-corrected chi connectivity index (χ4v) is 3.00.